The van der Waals surface area contributed by atoms with Gasteiger partial charge in [0, 0.05) is 69.2 Å². The van der Waals surface area contributed by atoms with Gasteiger partial charge in [-0.05, 0) is 42.5 Å². The Kier molecular flexibility index (Phi) is 8.24. The number of benzene rings is 3. The number of piperazine rings is 1. The summed E-state index contributed by atoms with van der Waals surface area (Å²) in [5.74, 6) is 0.0583. The average Bonchev–Trinajstić information content (AvgIpc) is 2.97. The summed E-state index contributed by atoms with van der Waals surface area (Å²) in [5, 5.41) is 11.4. The highest BCUT2D eigenvalue weighted by molar-refractivity contribution is 5.45. The maximum Gasteiger partial charge on any atom is 0.269 e. The molecular formula is C33H38N4O2. The van der Waals surface area contributed by atoms with Gasteiger partial charge in [-0.25, -0.2) is 0 Å². The van der Waals surface area contributed by atoms with E-state index in [1.165, 1.54) is 28.1 Å². The smallest absolute Gasteiger partial charge is 0.269 e. The molecule has 0 N–H and O–H groups in total. The number of allylic oxidation sites excluding steroid dienone is 3. The van der Waals surface area contributed by atoms with Crippen molar-refractivity contribution in [3.63, 3.8) is 0 Å². The fourth-order valence-electron chi connectivity index (χ4n) is 6.03. The minimum Gasteiger partial charge on any atom is -0.352 e. The standard InChI is InChI=1S/C33H38N4O2/c1-25-23-32(29-15-10-16-30(24-29)37(38)39)31(26(2)34(25)3)17-18-35-19-21-36(22-20-35)33(27-11-6-4-7-12-27)28-13-8-5-9-14-28/h4-16,23-24,32-33H,17-22H2,1-3H3. The van der Waals surface area contributed by atoms with Gasteiger partial charge in [0.2, 0.25) is 0 Å². The molecule has 1 unspecified atom stereocenters. The molecule has 6 nitrogen and oxygen atoms in total. The zero-order chi connectivity index (χ0) is 27.4. The third-order valence-electron chi connectivity index (χ3n) is 8.42. The van der Waals surface area contributed by atoms with E-state index in [0.29, 0.717) is 0 Å². The van der Waals surface area contributed by atoms with E-state index in [1.54, 1.807) is 18.2 Å². The SMILES string of the molecule is CC1=CC(c2cccc([N+](=O)[O-])c2)C(CCN2CCN(C(c3ccccc3)c3ccccc3)CC2)=C(C)N1C. The average molecular weight is 523 g/mol. The number of rotatable bonds is 8. The molecule has 5 rings (SSSR count). The minimum absolute atomic E-state index is 0.0583. The second-order valence-electron chi connectivity index (χ2n) is 10.7. The normalized spacial score (nSPS) is 18.9. The topological polar surface area (TPSA) is 52.9 Å². The van der Waals surface area contributed by atoms with E-state index < -0.39 is 0 Å². The van der Waals surface area contributed by atoms with Crippen LogP contribution in [-0.4, -0.2) is 59.4 Å². The Morgan fingerprint density at radius 1 is 0.872 bits per heavy atom. The molecule has 0 aromatic heterocycles. The quantitative estimate of drug-likeness (QED) is 0.246. The molecule has 0 aliphatic carbocycles. The Morgan fingerprint density at radius 2 is 1.49 bits per heavy atom. The summed E-state index contributed by atoms with van der Waals surface area (Å²) in [7, 11) is 2.11. The molecule has 0 radical (unpaired) electrons. The first-order chi connectivity index (χ1) is 18.9. The van der Waals surface area contributed by atoms with Crippen LogP contribution in [0.5, 0.6) is 0 Å². The lowest BCUT2D eigenvalue weighted by atomic mass is 9.84. The van der Waals surface area contributed by atoms with Crippen molar-refractivity contribution < 1.29 is 4.92 Å². The molecule has 1 atom stereocenters. The Bertz CT molecular complexity index is 1300. The lowest BCUT2D eigenvalue weighted by molar-refractivity contribution is -0.384. The summed E-state index contributed by atoms with van der Waals surface area (Å²) < 4.78 is 0. The molecule has 0 bridgehead atoms. The van der Waals surface area contributed by atoms with E-state index in [1.807, 2.05) is 6.07 Å². The van der Waals surface area contributed by atoms with Crippen LogP contribution in [0.25, 0.3) is 0 Å². The maximum absolute atomic E-state index is 11.4. The Hall–Kier alpha value is -3.74. The molecule has 2 aliphatic rings. The van der Waals surface area contributed by atoms with Crippen LogP contribution in [0.2, 0.25) is 0 Å². The van der Waals surface area contributed by atoms with Crippen molar-refractivity contribution in [3.8, 4) is 0 Å². The van der Waals surface area contributed by atoms with Crippen molar-refractivity contribution in [2.75, 3.05) is 39.8 Å². The highest BCUT2D eigenvalue weighted by Crippen LogP contribution is 2.38. The van der Waals surface area contributed by atoms with Crippen molar-refractivity contribution >= 4 is 5.69 Å². The fourth-order valence-corrected chi connectivity index (χ4v) is 6.03. The van der Waals surface area contributed by atoms with E-state index >= 15 is 0 Å². The zero-order valence-electron chi connectivity index (χ0n) is 23.2. The number of nitro groups is 1. The monoisotopic (exact) mass is 522 g/mol. The highest BCUT2D eigenvalue weighted by Gasteiger charge is 2.29. The molecule has 202 valence electrons. The molecule has 3 aromatic rings. The van der Waals surface area contributed by atoms with E-state index in [9.17, 15) is 10.1 Å². The highest BCUT2D eigenvalue weighted by atomic mass is 16.6. The van der Waals surface area contributed by atoms with Gasteiger partial charge in [-0.2, -0.15) is 0 Å². The van der Waals surface area contributed by atoms with Gasteiger partial charge in [0.05, 0.1) is 11.0 Å². The van der Waals surface area contributed by atoms with Crippen molar-refractivity contribution in [1.82, 2.24) is 14.7 Å². The molecule has 0 spiro atoms. The second-order valence-corrected chi connectivity index (χ2v) is 10.7. The summed E-state index contributed by atoms with van der Waals surface area (Å²) in [6, 6.07) is 29.0. The second kappa shape index (κ2) is 12.0. The number of hydrogen-bond donors (Lipinski definition) is 0. The van der Waals surface area contributed by atoms with Gasteiger partial charge >= 0.3 is 0 Å². The van der Waals surface area contributed by atoms with Crippen LogP contribution in [0.15, 0.2) is 108 Å². The van der Waals surface area contributed by atoms with Crippen LogP contribution >= 0.6 is 0 Å². The van der Waals surface area contributed by atoms with Crippen LogP contribution in [0, 0.1) is 10.1 Å². The molecule has 0 saturated carbocycles. The summed E-state index contributed by atoms with van der Waals surface area (Å²) in [5.41, 5.74) is 7.58. The molecule has 1 fully saturated rings. The van der Waals surface area contributed by atoms with Gasteiger partial charge in [0.15, 0.2) is 0 Å². The van der Waals surface area contributed by atoms with Gasteiger partial charge in [-0.3, -0.25) is 15.0 Å². The number of hydrogen-bond acceptors (Lipinski definition) is 5. The number of non-ortho nitro benzene ring substituents is 1. The molecule has 1 saturated heterocycles. The van der Waals surface area contributed by atoms with Gasteiger partial charge in [0.25, 0.3) is 5.69 Å². The molecular weight excluding hydrogens is 484 g/mol. The Balaban J connectivity index is 1.29. The van der Waals surface area contributed by atoms with E-state index in [0.717, 1.165) is 44.7 Å². The third kappa shape index (κ3) is 5.97. The summed E-state index contributed by atoms with van der Waals surface area (Å²) in [6.07, 6.45) is 3.19. The Morgan fingerprint density at radius 3 is 2.08 bits per heavy atom. The summed E-state index contributed by atoms with van der Waals surface area (Å²) in [4.78, 5) is 18.6. The first-order valence-electron chi connectivity index (χ1n) is 13.8. The van der Waals surface area contributed by atoms with Gasteiger partial charge in [-0.1, -0.05) is 78.9 Å². The molecule has 2 heterocycles. The minimum atomic E-state index is -0.303. The largest absolute Gasteiger partial charge is 0.352 e. The summed E-state index contributed by atoms with van der Waals surface area (Å²) in [6.45, 7) is 9.34. The van der Waals surface area contributed by atoms with Crippen molar-refractivity contribution in [2.24, 2.45) is 0 Å². The predicted octanol–water partition coefficient (Wildman–Crippen LogP) is 6.60. The predicted molar refractivity (Wildman–Crippen MR) is 157 cm³/mol. The van der Waals surface area contributed by atoms with Crippen molar-refractivity contribution in [2.45, 2.75) is 32.2 Å². The van der Waals surface area contributed by atoms with Crippen LogP contribution in [0.1, 0.15) is 48.9 Å². The zero-order valence-corrected chi connectivity index (χ0v) is 23.2. The van der Waals surface area contributed by atoms with Crippen molar-refractivity contribution in [1.29, 1.82) is 0 Å². The van der Waals surface area contributed by atoms with Crippen molar-refractivity contribution in [3.05, 3.63) is 135 Å². The number of nitrogens with zero attached hydrogens (tertiary/aromatic N) is 4. The lowest BCUT2D eigenvalue weighted by Gasteiger charge is -2.40. The molecule has 3 aromatic carbocycles. The van der Waals surface area contributed by atoms with Gasteiger partial charge in [0.1, 0.15) is 0 Å². The van der Waals surface area contributed by atoms with Crippen LogP contribution in [-0.2, 0) is 0 Å². The fraction of sp³-hybridized carbons (Fsp3) is 0.333. The van der Waals surface area contributed by atoms with Gasteiger partial charge < -0.3 is 9.80 Å². The van der Waals surface area contributed by atoms with Crippen LogP contribution in [0.3, 0.4) is 0 Å². The summed E-state index contributed by atoms with van der Waals surface area (Å²) >= 11 is 0. The molecule has 39 heavy (non-hydrogen) atoms. The van der Waals surface area contributed by atoms with Gasteiger partial charge in [-0.15, -0.1) is 0 Å². The van der Waals surface area contributed by atoms with E-state index in [4.69, 9.17) is 0 Å². The van der Waals surface area contributed by atoms with E-state index in [-0.39, 0.29) is 22.6 Å². The van der Waals surface area contributed by atoms with Crippen LogP contribution in [0.4, 0.5) is 5.69 Å². The first kappa shape index (κ1) is 26.9. The van der Waals surface area contributed by atoms with E-state index in [2.05, 4.69) is 102 Å². The molecule has 6 heteroatoms. The van der Waals surface area contributed by atoms with Crippen LogP contribution < -0.4 is 0 Å². The Labute approximate surface area is 232 Å². The third-order valence-corrected chi connectivity index (χ3v) is 8.42. The maximum atomic E-state index is 11.4. The molecule has 0 amide bonds. The lowest BCUT2D eigenvalue weighted by Crippen LogP contribution is -2.48. The first-order valence-corrected chi connectivity index (χ1v) is 13.8. The number of nitro benzene ring substituents is 1. The molecule has 2 aliphatic heterocycles.